The lowest BCUT2D eigenvalue weighted by Gasteiger charge is -2.17. The zero-order valence-electron chi connectivity index (χ0n) is 26.7. The van der Waals surface area contributed by atoms with Crippen LogP contribution in [0.3, 0.4) is 0 Å². The molecular formula is C35H51N5O3. The summed E-state index contributed by atoms with van der Waals surface area (Å²) in [4.78, 5) is 29.0. The highest BCUT2D eigenvalue weighted by Gasteiger charge is 2.27. The molecule has 0 saturated heterocycles. The molecule has 1 fully saturated rings. The van der Waals surface area contributed by atoms with Crippen LogP contribution in [0, 0.1) is 23.2 Å². The Morgan fingerprint density at radius 2 is 1.74 bits per heavy atom. The molecule has 43 heavy (non-hydrogen) atoms. The number of aromatic nitrogens is 4. The molecule has 1 saturated carbocycles. The predicted molar refractivity (Wildman–Crippen MR) is 175 cm³/mol. The second kappa shape index (κ2) is 15.4. The van der Waals surface area contributed by atoms with Crippen LogP contribution in [0.15, 0.2) is 29.3 Å². The third kappa shape index (κ3) is 9.59. The fourth-order valence-corrected chi connectivity index (χ4v) is 5.35. The molecule has 0 amide bonds. The van der Waals surface area contributed by atoms with E-state index in [-0.39, 0.29) is 5.43 Å². The fraction of sp³-hybridized carbons (Fsp3) is 0.629. The van der Waals surface area contributed by atoms with Crippen LogP contribution in [-0.4, -0.2) is 37.1 Å². The Hall–Kier alpha value is -3.31. The summed E-state index contributed by atoms with van der Waals surface area (Å²) >= 11 is 0. The second-order valence-electron chi connectivity index (χ2n) is 13.3. The number of anilines is 1. The van der Waals surface area contributed by atoms with Gasteiger partial charge in [-0.25, -0.2) is 9.97 Å². The highest BCUT2D eigenvalue weighted by molar-refractivity contribution is 5.86. The summed E-state index contributed by atoms with van der Waals surface area (Å²) in [6.45, 7) is 10.1. The number of aliphatic hydroxyl groups excluding tert-OH is 1. The minimum atomic E-state index is -0.712. The van der Waals surface area contributed by atoms with Crippen LogP contribution in [0.1, 0.15) is 117 Å². The van der Waals surface area contributed by atoms with Crippen LogP contribution >= 0.6 is 0 Å². The molecule has 0 radical (unpaired) electrons. The minimum absolute atomic E-state index is 0.227. The topological polar surface area (TPSA) is 108 Å². The number of nitrogens with two attached hydrogens (primary N) is 1. The molecule has 0 bridgehead atoms. The van der Waals surface area contributed by atoms with Crippen molar-refractivity contribution in [2.45, 2.75) is 124 Å². The number of imidazole rings is 1. The average Bonchev–Trinajstić information content (AvgIpc) is 3.69. The molecule has 234 valence electrons. The highest BCUT2D eigenvalue weighted by Crippen LogP contribution is 2.34. The van der Waals surface area contributed by atoms with Crippen molar-refractivity contribution in [2.75, 3.05) is 12.3 Å². The van der Waals surface area contributed by atoms with Crippen LogP contribution in [0.25, 0.3) is 22.4 Å². The Labute approximate surface area is 257 Å². The zero-order valence-corrected chi connectivity index (χ0v) is 26.7. The van der Waals surface area contributed by atoms with E-state index in [9.17, 15) is 9.90 Å². The van der Waals surface area contributed by atoms with Gasteiger partial charge in [-0.05, 0) is 67.9 Å². The van der Waals surface area contributed by atoms with Gasteiger partial charge in [0, 0.05) is 12.7 Å². The lowest BCUT2D eigenvalue weighted by molar-refractivity contribution is 0.110. The van der Waals surface area contributed by atoms with Crippen molar-refractivity contribution in [3.05, 3.63) is 40.4 Å². The van der Waals surface area contributed by atoms with Crippen LogP contribution in [0.2, 0.25) is 0 Å². The first-order chi connectivity index (χ1) is 20.7. The highest BCUT2D eigenvalue weighted by atomic mass is 16.7. The van der Waals surface area contributed by atoms with Gasteiger partial charge >= 0.3 is 0 Å². The molecule has 4 rings (SSSR count). The molecule has 0 aliphatic heterocycles. The summed E-state index contributed by atoms with van der Waals surface area (Å²) in [5, 5.41) is 10.3. The number of hydrogen-bond donors (Lipinski definition) is 2. The van der Waals surface area contributed by atoms with E-state index in [1.54, 1.807) is 29.3 Å². The van der Waals surface area contributed by atoms with Crippen molar-refractivity contribution in [3.8, 4) is 23.2 Å². The summed E-state index contributed by atoms with van der Waals surface area (Å²) in [7, 11) is 0. The van der Waals surface area contributed by atoms with Crippen molar-refractivity contribution in [3.63, 3.8) is 0 Å². The molecule has 0 spiro atoms. The van der Waals surface area contributed by atoms with Crippen LogP contribution in [0.5, 0.6) is 0 Å². The largest absolute Gasteiger partial charge is 0.412 e. The summed E-state index contributed by atoms with van der Waals surface area (Å²) < 4.78 is 3.51. The maximum absolute atomic E-state index is 13.8. The molecule has 1 aliphatic rings. The molecule has 1 aliphatic carbocycles. The van der Waals surface area contributed by atoms with E-state index >= 15 is 0 Å². The molecular weight excluding hydrogens is 538 g/mol. The molecule has 3 heterocycles. The lowest BCUT2D eigenvalue weighted by Crippen LogP contribution is -2.22. The first kappa shape index (κ1) is 32.6. The van der Waals surface area contributed by atoms with Gasteiger partial charge in [-0.3, -0.25) is 4.79 Å². The summed E-state index contributed by atoms with van der Waals surface area (Å²) in [6, 6.07) is 3.47. The molecule has 1 atom stereocenters. The molecule has 0 aromatic carbocycles. The number of rotatable bonds is 16. The molecule has 8 nitrogen and oxygen atoms in total. The maximum Gasteiger partial charge on any atom is 0.204 e. The van der Waals surface area contributed by atoms with Gasteiger partial charge in [0.2, 0.25) is 5.43 Å². The van der Waals surface area contributed by atoms with Gasteiger partial charge in [0.25, 0.3) is 0 Å². The number of pyridine rings is 2. The number of nitrogens with zero attached hydrogens (tertiary/aromatic N) is 4. The standard InChI is InChI=1S/C35H51N5O3/c1-5-28(41)19-17-27-18-20-29-31(42)30(32(36)39(33(29)38-27)25-26-15-16-26)34-37-22-23-40(34)43-24-14-12-10-8-6-7-9-11-13-21-35(2,3)4/h18,20,22-23,26,28,41H,5-16,21,24-25,36H2,1-4H3. The Bertz CT molecular complexity index is 1450. The van der Waals surface area contributed by atoms with Gasteiger partial charge in [0.15, 0.2) is 5.82 Å². The third-order valence-corrected chi connectivity index (χ3v) is 8.17. The number of unbranched alkanes of at least 4 members (excludes halogenated alkanes) is 8. The molecule has 8 heteroatoms. The Kier molecular flexibility index (Phi) is 11.7. The molecule has 3 aromatic rings. The van der Waals surface area contributed by atoms with Crippen molar-refractivity contribution in [2.24, 2.45) is 11.3 Å². The number of aliphatic hydroxyl groups is 1. The van der Waals surface area contributed by atoms with Gasteiger partial charge < -0.3 is 20.2 Å². The quantitative estimate of drug-likeness (QED) is 0.141. The summed E-state index contributed by atoms with van der Waals surface area (Å²) in [5.41, 5.74) is 8.27. The maximum atomic E-state index is 13.8. The monoisotopic (exact) mass is 589 g/mol. The Morgan fingerprint density at radius 3 is 2.40 bits per heavy atom. The van der Waals surface area contributed by atoms with Gasteiger partial charge in [0.05, 0.1) is 11.6 Å². The summed E-state index contributed by atoms with van der Waals surface area (Å²) in [6.07, 6.45) is 18.0. The van der Waals surface area contributed by atoms with Crippen LogP contribution in [-0.2, 0) is 6.54 Å². The van der Waals surface area contributed by atoms with Crippen LogP contribution < -0.4 is 16.0 Å². The summed E-state index contributed by atoms with van der Waals surface area (Å²) in [5.74, 6) is 6.99. The van der Waals surface area contributed by atoms with E-state index in [4.69, 9.17) is 10.6 Å². The minimum Gasteiger partial charge on any atom is -0.412 e. The smallest absolute Gasteiger partial charge is 0.204 e. The van der Waals surface area contributed by atoms with Crippen molar-refractivity contribution in [1.29, 1.82) is 0 Å². The van der Waals surface area contributed by atoms with Crippen LogP contribution in [0.4, 0.5) is 5.82 Å². The lowest BCUT2D eigenvalue weighted by atomic mass is 9.89. The number of fused-ring (bicyclic) bond motifs is 1. The van der Waals surface area contributed by atoms with E-state index in [2.05, 4.69) is 42.6 Å². The van der Waals surface area contributed by atoms with Crippen molar-refractivity contribution >= 4 is 16.9 Å². The second-order valence-corrected chi connectivity index (χ2v) is 13.3. The molecule has 3 N–H and O–H groups in total. The molecule has 1 unspecified atom stereocenters. The SMILES string of the molecule is CCC(O)C#Cc1ccc2c(=O)c(-c3nccn3OCCCCCCCCCCCC(C)(C)C)c(N)n(CC3CC3)c2n1. The third-order valence-electron chi connectivity index (χ3n) is 8.17. The van der Waals surface area contributed by atoms with E-state index in [0.29, 0.717) is 64.8 Å². The fourth-order valence-electron chi connectivity index (χ4n) is 5.35. The predicted octanol–water partition coefficient (Wildman–Crippen LogP) is 6.75. The number of nitrogen functional groups attached to an aromatic ring is 1. The van der Waals surface area contributed by atoms with Gasteiger partial charge in [-0.15, -0.1) is 0 Å². The van der Waals surface area contributed by atoms with E-state index in [1.165, 1.54) is 51.4 Å². The van der Waals surface area contributed by atoms with E-state index < -0.39 is 6.10 Å². The Balaban J connectivity index is 1.37. The van der Waals surface area contributed by atoms with E-state index in [0.717, 1.165) is 25.7 Å². The normalized spacial score (nSPS) is 14.1. The average molecular weight is 590 g/mol. The zero-order chi connectivity index (χ0) is 30.8. The van der Waals surface area contributed by atoms with Gasteiger partial charge in [0.1, 0.15) is 35.4 Å². The van der Waals surface area contributed by atoms with Crippen molar-refractivity contribution in [1.82, 2.24) is 19.3 Å². The first-order valence-electron chi connectivity index (χ1n) is 16.4. The Morgan fingerprint density at radius 1 is 1.07 bits per heavy atom. The van der Waals surface area contributed by atoms with E-state index in [1.807, 2.05) is 11.5 Å². The first-order valence-corrected chi connectivity index (χ1v) is 16.4. The van der Waals surface area contributed by atoms with Crippen molar-refractivity contribution < 1.29 is 9.94 Å². The van der Waals surface area contributed by atoms with Gasteiger partial charge in [-0.2, -0.15) is 4.73 Å². The number of hydrogen-bond acceptors (Lipinski definition) is 6. The van der Waals surface area contributed by atoms with Gasteiger partial charge in [-0.1, -0.05) is 78.6 Å². The molecule has 3 aromatic heterocycles.